The molecule has 25 heavy (non-hydrogen) atoms. The number of thioether (sulfide) groups is 2. The number of hydrogen-bond acceptors (Lipinski definition) is 4. The molecule has 2 bridgehead atoms. The van der Waals surface area contributed by atoms with Crippen molar-refractivity contribution in [2.24, 2.45) is 0 Å². The molecule has 0 saturated heterocycles. The number of rotatable bonds is 0. The Balaban J connectivity index is 1.63. The van der Waals surface area contributed by atoms with Gasteiger partial charge in [0.05, 0.1) is 22.4 Å². The molecule has 1 aliphatic heterocycles. The van der Waals surface area contributed by atoms with E-state index in [1.54, 1.807) is 0 Å². The second-order valence-corrected chi connectivity index (χ2v) is 9.89. The molecule has 2 radical (unpaired) electrons. The maximum atomic E-state index is 5.94. The van der Waals surface area contributed by atoms with Crippen molar-refractivity contribution in [2.75, 3.05) is 0 Å². The summed E-state index contributed by atoms with van der Waals surface area (Å²) in [4.78, 5) is 9.89. The summed E-state index contributed by atoms with van der Waals surface area (Å²) in [6.45, 7) is 0. The van der Waals surface area contributed by atoms with E-state index in [-0.39, 0.29) is 0 Å². The van der Waals surface area contributed by atoms with Crippen molar-refractivity contribution >= 4 is 47.9 Å². The summed E-state index contributed by atoms with van der Waals surface area (Å²) in [5.74, 6) is 1.99. The molecule has 130 valence electrons. The van der Waals surface area contributed by atoms with Gasteiger partial charge in [-0.05, 0) is 31.4 Å². The van der Waals surface area contributed by atoms with Gasteiger partial charge in [-0.3, -0.25) is 0 Å². The molecule has 2 heterocycles. The topological polar surface area (TPSA) is 25.8 Å². The summed E-state index contributed by atoms with van der Waals surface area (Å²) < 4.78 is 0. The van der Waals surface area contributed by atoms with Crippen molar-refractivity contribution in [3.8, 4) is 0 Å². The van der Waals surface area contributed by atoms with Crippen LogP contribution in [0.15, 0.2) is 18.2 Å². The maximum Gasteiger partial charge on any atom is 0.113 e. The third-order valence-electron chi connectivity index (χ3n) is 5.33. The first-order chi connectivity index (χ1) is 12.3. The Labute approximate surface area is 160 Å². The van der Waals surface area contributed by atoms with Gasteiger partial charge in [-0.15, -0.1) is 0 Å². The number of benzene rings is 1. The van der Waals surface area contributed by atoms with Crippen LogP contribution in [0.25, 0.3) is 11.0 Å². The van der Waals surface area contributed by atoms with Crippen LogP contribution in [0.5, 0.6) is 0 Å². The third-order valence-corrected chi connectivity index (χ3v) is 8.01. The van der Waals surface area contributed by atoms with Gasteiger partial charge >= 0.3 is 0 Å². The lowest BCUT2D eigenvalue weighted by Gasteiger charge is -2.23. The van der Waals surface area contributed by atoms with E-state index in [1.807, 2.05) is 18.2 Å². The molecule has 1 aliphatic carbocycles. The van der Waals surface area contributed by atoms with Crippen LogP contribution in [0.4, 0.5) is 0 Å². The fourth-order valence-electron chi connectivity index (χ4n) is 3.88. The molecular weight excluding hydrogens is 343 g/mol. The second-order valence-electron chi connectivity index (χ2n) is 7.31. The molecule has 0 N–H and O–H groups in total. The third kappa shape index (κ3) is 4.54. The Hall–Kier alpha value is -0.675. The summed E-state index contributed by atoms with van der Waals surface area (Å²) in [5, 5.41) is 1.56. The number of nitrogens with zero attached hydrogens (tertiary/aromatic N) is 2. The molecule has 0 spiro atoms. The highest BCUT2D eigenvalue weighted by molar-refractivity contribution is 8.00. The predicted octanol–water partition coefficient (Wildman–Crippen LogP) is 4.78. The predicted molar refractivity (Wildman–Crippen MR) is 112 cm³/mol. The highest BCUT2D eigenvalue weighted by atomic mass is 32.2. The van der Waals surface area contributed by atoms with Gasteiger partial charge in [0, 0.05) is 22.0 Å². The first-order valence-corrected chi connectivity index (χ1v) is 11.7. The Morgan fingerprint density at radius 1 is 0.800 bits per heavy atom. The number of hydrogen-bond donors (Lipinski definition) is 0. The van der Waals surface area contributed by atoms with E-state index in [0.29, 0.717) is 0 Å². The second kappa shape index (κ2) is 8.34. The molecular formula is C20H25BN2S2. The van der Waals surface area contributed by atoms with E-state index in [4.69, 9.17) is 17.8 Å². The molecule has 0 amide bonds. The van der Waals surface area contributed by atoms with E-state index < -0.39 is 0 Å². The minimum absolute atomic E-state index is 0.767. The van der Waals surface area contributed by atoms with Gasteiger partial charge in [-0.25, -0.2) is 9.97 Å². The normalized spacial score (nSPS) is 25.4. The summed E-state index contributed by atoms with van der Waals surface area (Å²) in [6.07, 6.45) is 11.1. The van der Waals surface area contributed by atoms with Crippen LogP contribution in [0.1, 0.15) is 62.8 Å². The van der Waals surface area contributed by atoms with Crippen LogP contribution >= 0.6 is 23.5 Å². The number of aromatic nitrogens is 2. The van der Waals surface area contributed by atoms with Crippen LogP contribution in [-0.2, 0) is 11.5 Å². The summed E-state index contributed by atoms with van der Waals surface area (Å²) in [6, 6.07) is 5.88. The lowest BCUT2D eigenvalue weighted by atomic mass is 9.96. The van der Waals surface area contributed by atoms with Crippen molar-refractivity contribution in [3.05, 3.63) is 29.6 Å². The van der Waals surface area contributed by atoms with Gasteiger partial charge in [0.2, 0.25) is 0 Å². The van der Waals surface area contributed by atoms with Gasteiger partial charge in [-0.1, -0.05) is 43.6 Å². The minimum atomic E-state index is 0.767. The molecule has 1 saturated carbocycles. The van der Waals surface area contributed by atoms with Crippen LogP contribution in [0.2, 0.25) is 0 Å². The quantitative estimate of drug-likeness (QED) is 0.626. The van der Waals surface area contributed by atoms with Crippen LogP contribution in [-0.4, -0.2) is 28.3 Å². The van der Waals surface area contributed by atoms with E-state index in [1.165, 1.54) is 62.8 Å². The highest BCUT2D eigenvalue weighted by Crippen LogP contribution is 2.37. The van der Waals surface area contributed by atoms with Gasteiger partial charge in [0.15, 0.2) is 0 Å². The van der Waals surface area contributed by atoms with Crippen LogP contribution in [0.3, 0.4) is 0 Å². The average Bonchev–Trinajstić information content (AvgIpc) is 2.69. The lowest BCUT2D eigenvalue weighted by molar-refractivity contribution is 0.518. The Kier molecular flexibility index (Phi) is 5.92. The fourth-order valence-corrected chi connectivity index (χ4v) is 6.65. The van der Waals surface area contributed by atoms with E-state index in [2.05, 4.69) is 23.5 Å². The molecule has 4 rings (SSSR count). The minimum Gasteiger partial charge on any atom is -0.248 e. The molecule has 1 aromatic heterocycles. The standard InChI is InChI=1S/C20H25BN2S2/c21-14-8-9-17-18(10-14)23-20-13-25-16-7-5-3-1-2-4-6-15(11-16)24-12-19(20)22-17/h8-10,15-16H,1-7,11-13H2. The van der Waals surface area contributed by atoms with Gasteiger partial charge in [-0.2, -0.15) is 23.5 Å². The molecule has 2 aromatic rings. The largest absolute Gasteiger partial charge is 0.248 e. The zero-order chi connectivity index (χ0) is 17.1. The average molecular weight is 368 g/mol. The Bertz CT molecular complexity index is 737. The van der Waals surface area contributed by atoms with Crippen molar-refractivity contribution < 1.29 is 0 Å². The first-order valence-electron chi connectivity index (χ1n) is 9.56. The van der Waals surface area contributed by atoms with E-state index in [0.717, 1.165) is 38.5 Å². The zero-order valence-electron chi connectivity index (χ0n) is 14.7. The summed E-state index contributed by atoms with van der Waals surface area (Å²) in [7, 11) is 5.94. The zero-order valence-corrected chi connectivity index (χ0v) is 16.4. The monoisotopic (exact) mass is 368 g/mol. The maximum absolute atomic E-state index is 5.94. The van der Waals surface area contributed by atoms with Crippen LogP contribution < -0.4 is 5.46 Å². The number of fused-ring (bicyclic) bond motifs is 4. The van der Waals surface area contributed by atoms with E-state index in [9.17, 15) is 0 Å². The fraction of sp³-hybridized carbons (Fsp3) is 0.600. The molecule has 1 fully saturated rings. The first kappa shape index (κ1) is 17.7. The van der Waals surface area contributed by atoms with Crippen molar-refractivity contribution in [3.63, 3.8) is 0 Å². The van der Waals surface area contributed by atoms with Crippen molar-refractivity contribution in [1.29, 1.82) is 0 Å². The lowest BCUT2D eigenvalue weighted by Crippen LogP contribution is -2.14. The molecule has 2 nitrogen and oxygen atoms in total. The highest BCUT2D eigenvalue weighted by Gasteiger charge is 2.23. The molecule has 1 aromatic carbocycles. The summed E-state index contributed by atoms with van der Waals surface area (Å²) >= 11 is 4.23. The SMILES string of the molecule is [B]c1ccc2nc3c(nc2c1)CSC1CCCCCCCC(C1)SC3. The molecule has 2 aliphatic rings. The Morgan fingerprint density at radius 3 is 2.08 bits per heavy atom. The van der Waals surface area contributed by atoms with Crippen molar-refractivity contribution in [1.82, 2.24) is 9.97 Å². The van der Waals surface area contributed by atoms with Gasteiger partial charge in [0.1, 0.15) is 7.85 Å². The van der Waals surface area contributed by atoms with Gasteiger partial charge in [0.25, 0.3) is 0 Å². The Morgan fingerprint density at radius 2 is 1.40 bits per heavy atom. The smallest absolute Gasteiger partial charge is 0.113 e. The summed E-state index contributed by atoms with van der Waals surface area (Å²) in [5.41, 5.74) is 5.05. The molecule has 2 atom stereocenters. The van der Waals surface area contributed by atoms with Crippen LogP contribution in [0, 0.1) is 0 Å². The molecule has 2 unspecified atom stereocenters. The van der Waals surface area contributed by atoms with E-state index >= 15 is 0 Å². The molecule has 5 heteroatoms. The van der Waals surface area contributed by atoms with Gasteiger partial charge < -0.3 is 0 Å². The van der Waals surface area contributed by atoms with Crippen molar-refractivity contribution in [2.45, 2.75) is 73.4 Å².